The third-order valence-corrected chi connectivity index (χ3v) is 2.32. The highest BCUT2D eigenvalue weighted by molar-refractivity contribution is 6.29. The summed E-state index contributed by atoms with van der Waals surface area (Å²) in [5.74, 6) is 0. The van der Waals surface area contributed by atoms with Crippen LogP contribution in [0.1, 0.15) is 26.5 Å². The average Bonchev–Trinajstić information content (AvgIpc) is 2.23. The minimum atomic E-state index is -4.64. The Morgan fingerprint density at radius 2 is 1.85 bits per heavy atom. The van der Waals surface area contributed by atoms with Gasteiger partial charge < -0.3 is 4.74 Å². The zero-order valence-corrected chi connectivity index (χ0v) is 12.1. The monoisotopic (exact) mass is 310 g/mol. The fraction of sp³-hybridized carbons (Fsp3) is 0.500. The summed E-state index contributed by atoms with van der Waals surface area (Å²) in [4.78, 5) is 15.9. The second-order valence-corrected chi connectivity index (χ2v) is 5.46. The highest BCUT2D eigenvalue weighted by Gasteiger charge is 2.34. The number of aromatic nitrogens is 1. The predicted octanol–water partition coefficient (Wildman–Crippen LogP) is 4.13. The van der Waals surface area contributed by atoms with E-state index in [2.05, 4.69) is 4.98 Å². The fourth-order valence-corrected chi connectivity index (χ4v) is 1.46. The van der Waals surface area contributed by atoms with Gasteiger partial charge in [0.05, 0.1) is 5.69 Å². The van der Waals surface area contributed by atoms with Crippen LogP contribution in [0.4, 0.5) is 23.7 Å². The fourth-order valence-electron chi connectivity index (χ4n) is 1.26. The van der Waals surface area contributed by atoms with Gasteiger partial charge in [0.15, 0.2) is 0 Å². The van der Waals surface area contributed by atoms with E-state index >= 15 is 0 Å². The Morgan fingerprint density at radius 1 is 1.30 bits per heavy atom. The average molecular weight is 311 g/mol. The van der Waals surface area contributed by atoms with Gasteiger partial charge in [-0.15, -0.1) is 0 Å². The number of carbonyl (C=O) groups excluding carboxylic acids is 1. The molecule has 1 heterocycles. The van der Waals surface area contributed by atoms with E-state index in [4.69, 9.17) is 16.3 Å². The molecule has 0 fully saturated rings. The first-order chi connectivity index (χ1) is 8.90. The maximum absolute atomic E-state index is 12.6. The van der Waals surface area contributed by atoms with E-state index in [1.54, 1.807) is 20.8 Å². The van der Waals surface area contributed by atoms with Crippen molar-refractivity contribution in [1.82, 2.24) is 4.98 Å². The lowest BCUT2D eigenvalue weighted by molar-refractivity contribution is -0.141. The van der Waals surface area contributed by atoms with E-state index < -0.39 is 23.6 Å². The summed E-state index contributed by atoms with van der Waals surface area (Å²) in [5, 5.41) is -0.356. The standard InChI is InChI=1S/C12H14ClF3N2O2/c1-11(2,3)20-10(19)18(4)7-5-8(12(14,15)16)17-9(13)6-7/h5-6H,1-4H3. The quantitative estimate of drug-likeness (QED) is 0.733. The van der Waals surface area contributed by atoms with Gasteiger partial charge in [-0.25, -0.2) is 9.78 Å². The van der Waals surface area contributed by atoms with Crippen LogP contribution in [0.5, 0.6) is 0 Å². The summed E-state index contributed by atoms with van der Waals surface area (Å²) in [7, 11) is 1.29. The van der Waals surface area contributed by atoms with Gasteiger partial charge >= 0.3 is 12.3 Å². The number of hydrogen-bond donors (Lipinski definition) is 0. The highest BCUT2D eigenvalue weighted by Crippen LogP contribution is 2.32. The molecule has 0 aliphatic carbocycles. The van der Waals surface area contributed by atoms with Crippen molar-refractivity contribution in [3.8, 4) is 0 Å². The Hall–Kier alpha value is -1.50. The molecule has 0 N–H and O–H groups in total. The van der Waals surface area contributed by atoms with Crippen molar-refractivity contribution in [2.24, 2.45) is 0 Å². The number of carbonyl (C=O) groups is 1. The van der Waals surface area contributed by atoms with Crippen LogP contribution in [0.25, 0.3) is 0 Å². The molecule has 1 amide bonds. The maximum Gasteiger partial charge on any atom is 0.433 e. The second-order valence-electron chi connectivity index (χ2n) is 5.07. The molecule has 1 rings (SSSR count). The SMILES string of the molecule is CN(C(=O)OC(C)(C)C)c1cc(Cl)nc(C(F)(F)F)c1. The zero-order chi connectivity index (χ0) is 15.7. The zero-order valence-electron chi connectivity index (χ0n) is 11.4. The van der Waals surface area contributed by atoms with Crippen molar-refractivity contribution in [3.63, 3.8) is 0 Å². The summed E-state index contributed by atoms with van der Waals surface area (Å²) in [6.07, 6.45) is -5.43. The summed E-state index contributed by atoms with van der Waals surface area (Å²) < 4.78 is 42.9. The van der Waals surface area contributed by atoms with Crippen molar-refractivity contribution < 1.29 is 22.7 Å². The number of anilines is 1. The summed E-state index contributed by atoms with van der Waals surface area (Å²) in [6.45, 7) is 4.96. The lowest BCUT2D eigenvalue weighted by Crippen LogP contribution is -2.34. The molecule has 0 bridgehead atoms. The van der Waals surface area contributed by atoms with Crippen LogP contribution in [0.15, 0.2) is 12.1 Å². The molecule has 0 radical (unpaired) electrons. The van der Waals surface area contributed by atoms with Crippen LogP contribution in [-0.2, 0) is 10.9 Å². The molecule has 1 aromatic heterocycles. The molecule has 112 valence electrons. The minimum absolute atomic E-state index is 0.0495. The van der Waals surface area contributed by atoms with Crippen LogP contribution in [0.3, 0.4) is 0 Å². The smallest absolute Gasteiger partial charge is 0.433 e. The molecule has 1 aromatic rings. The first-order valence-corrected chi connectivity index (χ1v) is 5.99. The number of halogens is 4. The van der Waals surface area contributed by atoms with Crippen LogP contribution in [0.2, 0.25) is 5.15 Å². The van der Waals surface area contributed by atoms with Crippen LogP contribution < -0.4 is 4.90 Å². The molecule has 8 heteroatoms. The van der Waals surface area contributed by atoms with Gasteiger partial charge in [0.2, 0.25) is 0 Å². The molecule has 0 saturated heterocycles. The van der Waals surface area contributed by atoms with E-state index in [0.29, 0.717) is 0 Å². The molecule has 20 heavy (non-hydrogen) atoms. The van der Waals surface area contributed by atoms with E-state index in [-0.39, 0.29) is 10.8 Å². The molecule has 0 atom stereocenters. The van der Waals surface area contributed by atoms with Gasteiger partial charge in [-0.3, -0.25) is 4.90 Å². The van der Waals surface area contributed by atoms with Gasteiger partial charge in [-0.05, 0) is 32.9 Å². The third kappa shape index (κ3) is 4.56. The first kappa shape index (κ1) is 16.6. The van der Waals surface area contributed by atoms with Gasteiger partial charge in [0.25, 0.3) is 0 Å². The molecular formula is C12H14ClF3N2O2. The van der Waals surface area contributed by atoms with Gasteiger partial charge in [-0.1, -0.05) is 11.6 Å². The molecule has 0 aromatic carbocycles. The minimum Gasteiger partial charge on any atom is -0.443 e. The van der Waals surface area contributed by atoms with E-state index in [0.717, 1.165) is 17.0 Å². The molecule has 0 aliphatic heterocycles. The highest BCUT2D eigenvalue weighted by atomic mass is 35.5. The number of alkyl halides is 3. The number of pyridine rings is 1. The predicted molar refractivity (Wildman–Crippen MR) is 68.9 cm³/mol. The Balaban J connectivity index is 3.08. The molecular weight excluding hydrogens is 297 g/mol. The van der Waals surface area contributed by atoms with Crippen LogP contribution in [-0.4, -0.2) is 23.7 Å². The number of nitrogens with zero attached hydrogens (tertiary/aromatic N) is 2. The van der Waals surface area contributed by atoms with Crippen molar-refractivity contribution in [1.29, 1.82) is 0 Å². The van der Waals surface area contributed by atoms with Gasteiger partial charge in [0.1, 0.15) is 16.4 Å². The molecule has 0 spiro atoms. The van der Waals surface area contributed by atoms with Crippen molar-refractivity contribution in [2.75, 3.05) is 11.9 Å². The second kappa shape index (κ2) is 5.47. The third-order valence-electron chi connectivity index (χ3n) is 2.12. The van der Waals surface area contributed by atoms with E-state index in [1.165, 1.54) is 7.05 Å². The molecule has 0 aliphatic rings. The largest absolute Gasteiger partial charge is 0.443 e. The van der Waals surface area contributed by atoms with E-state index in [1.807, 2.05) is 0 Å². The summed E-state index contributed by atoms with van der Waals surface area (Å²) >= 11 is 5.55. The molecule has 0 saturated carbocycles. The normalized spacial score (nSPS) is 12.2. The van der Waals surface area contributed by atoms with Gasteiger partial charge in [-0.2, -0.15) is 13.2 Å². The Labute approximate surface area is 119 Å². The van der Waals surface area contributed by atoms with Gasteiger partial charge in [0, 0.05) is 7.05 Å². The lowest BCUT2D eigenvalue weighted by atomic mass is 10.2. The Bertz CT molecular complexity index is 512. The van der Waals surface area contributed by atoms with E-state index in [9.17, 15) is 18.0 Å². The van der Waals surface area contributed by atoms with Crippen molar-refractivity contribution in [2.45, 2.75) is 32.5 Å². The Kier molecular flexibility index (Phi) is 4.53. The van der Waals surface area contributed by atoms with Crippen molar-refractivity contribution in [3.05, 3.63) is 23.0 Å². The van der Waals surface area contributed by atoms with Crippen molar-refractivity contribution >= 4 is 23.4 Å². The topological polar surface area (TPSA) is 42.4 Å². The number of ether oxygens (including phenoxy) is 1. The van der Waals surface area contributed by atoms with Crippen LogP contribution in [0, 0.1) is 0 Å². The lowest BCUT2D eigenvalue weighted by Gasteiger charge is -2.25. The first-order valence-electron chi connectivity index (χ1n) is 5.61. The molecule has 4 nitrogen and oxygen atoms in total. The summed E-state index contributed by atoms with van der Waals surface area (Å²) in [6, 6.07) is 1.89. The summed E-state index contributed by atoms with van der Waals surface area (Å²) in [5.41, 5.74) is -1.98. The Morgan fingerprint density at radius 3 is 2.30 bits per heavy atom. The number of hydrogen-bond acceptors (Lipinski definition) is 3. The number of rotatable bonds is 1. The van der Waals surface area contributed by atoms with Crippen LogP contribution >= 0.6 is 11.6 Å². The maximum atomic E-state index is 12.6. The molecule has 0 unspecified atom stereocenters. The number of amides is 1.